The summed E-state index contributed by atoms with van der Waals surface area (Å²) in [4.78, 5) is 12.9. The molecule has 2 aromatic carbocycles. The first-order chi connectivity index (χ1) is 9.22. The minimum atomic E-state index is -0.105. The highest BCUT2D eigenvalue weighted by Crippen LogP contribution is 2.26. The maximum Gasteiger partial charge on any atom is 0.265 e. The number of nitrogens with two attached hydrogens (primary N) is 1. The number of anilines is 2. The molecule has 1 amide bonds. The molecule has 0 saturated carbocycles. The predicted octanol–water partition coefficient (Wildman–Crippen LogP) is 3.74. The van der Waals surface area contributed by atoms with Crippen molar-refractivity contribution in [3.8, 4) is 0 Å². The van der Waals surface area contributed by atoms with Gasteiger partial charge < -0.3 is 11.1 Å². The minimum absolute atomic E-state index is 0.105. The average Bonchev–Trinajstić information content (AvgIpc) is 2.82. The summed E-state index contributed by atoms with van der Waals surface area (Å²) in [5.74, 6) is -0.105. The molecule has 3 rings (SSSR count). The van der Waals surface area contributed by atoms with Gasteiger partial charge in [-0.2, -0.15) is 0 Å². The number of amides is 1. The Morgan fingerprint density at radius 1 is 1.05 bits per heavy atom. The van der Waals surface area contributed by atoms with Gasteiger partial charge in [-0.3, -0.25) is 4.79 Å². The van der Waals surface area contributed by atoms with Gasteiger partial charge in [-0.05, 0) is 35.7 Å². The zero-order chi connectivity index (χ0) is 13.2. The van der Waals surface area contributed by atoms with Gasteiger partial charge in [0, 0.05) is 16.1 Å². The van der Waals surface area contributed by atoms with E-state index in [1.165, 1.54) is 11.3 Å². The molecule has 19 heavy (non-hydrogen) atoms. The molecule has 1 heterocycles. The molecule has 0 bridgehead atoms. The molecule has 3 N–H and O–H groups in total. The van der Waals surface area contributed by atoms with Crippen molar-refractivity contribution in [1.82, 2.24) is 0 Å². The van der Waals surface area contributed by atoms with Crippen molar-refractivity contribution >= 4 is 38.7 Å². The monoisotopic (exact) mass is 268 g/mol. The molecule has 0 radical (unpaired) electrons. The zero-order valence-corrected chi connectivity index (χ0v) is 10.9. The van der Waals surface area contributed by atoms with E-state index in [-0.39, 0.29) is 5.91 Å². The molecule has 0 unspecified atom stereocenters. The van der Waals surface area contributed by atoms with Crippen LogP contribution in [0, 0.1) is 0 Å². The molecule has 0 saturated heterocycles. The predicted molar refractivity (Wildman–Crippen MR) is 80.6 cm³/mol. The molecule has 94 valence electrons. The van der Waals surface area contributed by atoms with Gasteiger partial charge in [-0.15, -0.1) is 11.3 Å². The smallest absolute Gasteiger partial charge is 0.265 e. The Bertz CT molecular complexity index is 715. The average molecular weight is 268 g/mol. The Hall–Kier alpha value is -2.33. The van der Waals surface area contributed by atoms with Gasteiger partial charge in [0.15, 0.2) is 0 Å². The van der Waals surface area contributed by atoms with E-state index >= 15 is 0 Å². The normalized spacial score (nSPS) is 10.5. The number of carbonyl (C=O) groups excluding carboxylic acids is 1. The van der Waals surface area contributed by atoms with E-state index < -0.39 is 0 Å². The molecule has 3 nitrogen and oxygen atoms in total. The van der Waals surface area contributed by atoms with Crippen LogP contribution in [0.5, 0.6) is 0 Å². The Morgan fingerprint density at radius 3 is 2.68 bits per heavy atom. The van der Waals surface area contributed by atoms with Crippen molar-refractivity contribution in [2.45, 2.75) is 0 Å². The second-order valence-corrected chi connectivity index (χ2v) is 5.31. The zero-order valence-electron chi connectivity index (χ0n) is 10.1. The molecular formula is C15H12N2OS. The number of rotatable bonds is 2. The summed E-state index contributed by atoms with van der Waals surface area (Å²) in [5, 5.41) is 3.94. The van der Waals surface area contributed by atoms with Crippen LogP contribution in [0.2, 0.25) is 0 Å². The van der Waals surface area contributed by atoms with E-state index in [1.807, 2.05) is 42.5 Å². The summed E-state index contributed by atoms with van der Waals surface area (Å²) < 4.78 is 1.11. The molecule has 3 aromatic rings. The topological polar surface area (TPSA) is 55.1 Å². The fraction of sp³-hybridized carbons (Fsp3) is 0. The molecular weight excluding hydrogens is 256 g/mol. The third-order valence-corrected chi connectivity index (χ3v) is 3.91. The number of carbonyl (C=O) groups is 1. The van der Waals surface area contributed by atoms with Crippen LogP contribution in [0.4, 0.5) is 11.4 Å². The SMILES string of the molecule is Nc1cccc(NC(=O)c2cc3ccccc3s2)c1. The molecule has 0 atom stereocenters. The quantitative estimate of drug-likeness (QED) is 0.696. The highest BCUT2D eigenvalue weighted by atomic mass is 32.1. The standard InChI is InChI=1S/C15H12N2OS/c16-11-5-3-6-12(9-11)17-15(18)14-8-10-4-1-2-7-13(10)19-14/h1-9H,16H2,(H,17,18). The lowest BCUT2D eigenvalue weighted by molar-refractivity contribution is 0.103. The summed E-state index contributed by atoms with van der Waals surface area (Å²) in [6, 6.07) is 17.0. The number of hydrogen-bond donors (Lipinski definition) is 2. The molecule has 0 fully saturated rings. The van der Waals surface area contributed by atoms with Crippen LogP contribution in [0.15, 0.2) is 54.6 Å². The van der Waals surface area contributed by atoms with Crippen LogP contribution in [0.1, 0.15) is 9.67 Å². The number of benzene rings is 2. The Kier molecular flexibility index (Phi) is 2.93. The maximum absolute atomic E-state index is 12.2. The van der Waals surface area contributed by atoms with Crippen LogP contribution in [-0.2, 0) is 0 Å². The van der Waals surface area contributed by atoms with Crippen molar-refractivity contribution < 1.29 is 4.79 Å². The maximum atomic E-state index is 12.2. The number of fused-ring (bicyclic) bond motifs is 1. The van der Waals surface area contributed by atoms with E-state index in [0.717, 1.165) is 10.1 Å². The van der Waals surface area contributed by atoms with Crippen LogP contribution in [0.25, 0.3) is 10.1 Å². The van der Waals surface area contributed by atoms with Gasteiger partial charge in [0.1, 0.15) is 0 Å². The molecule has 1 aromatic heterocycles. The highest BCUT2D eigenvalue weighted by molar-refractivity contribution is 7.20. The van der Waals surface area contributed by atoms with Gasteiger partial charge in [0.2, 0.25) is 0 Å². The number of hydrogen-bond acceptors (Lipinski definition) is 3. The Morgan fingerprint density at radius 2 is 1.89 bits per heavy atom. The van der Waals surface area contributed by atoms with Crippen LogP contribution < -0.4 is 11.1 Å². The van der Waals surface area contributed by atoms with E-state index in [0.29, 0.717) is 16.3 Å². The van der Waals surface area contributed by atoms with Gasteiger partial charge in [0.25, 0.3) is 5.91 Å². The van der Waals surface area contributed by atoms with Gasteiger partial charge in [-0.1, -0.05) is 24.3 Å². The fourth-order valence-corrected chi connectivity index (χ4v) is 2.86. The van der Waals surface area contributed by atoms with Crippen molar-refractivity contribution in [2.24, 2.45) is 0 Å². The van der Waals surface area contributed by atoms with Gasteiger partial charge in [0.05, 0.1) is 4.88 Å². The van der Waals surface area contributed by atoms with Crippen LogP contribution in [0.3, 0.4) is 0 Å². The molecule has 0 aliphatic carbocycles. The molecule has 4 heteroatoms. The van der Waals surface area contributed by atoms with Crippen LogP contribution in [-0.4, -0.2) is 5.91 Å². The lowest BCUT2D eigenvalue weighted by atomic mass is 10.2. The summed E-state index contributed by atoms with van der Waals surface area (Å²) in [5.41, 5.74) is 7.03. The lowest BCUT2D eigenvalue weighted by Gasteiger charge is -2.03. The van der Waals surface area contributed by atoms with Crippen molar-refractivity contribution in [1.29, 1.82) is 0 Å². The van der Waals surface area contributed by atoms with Gasteiger partial charge in [-0.25, -0.2) is 0 Å². The third kappa shape index (κ3) is 2.44. The second-order valence-electron chi connectivity index (χ2n) is 4.23. The van der Waals surface area contributed by atoms with E-state index in [1.54, 1.807) is 12.1 Å². The molecule has 0 spiro atoms. The Balaban J connectivity index is 1.87. The third-order valence-electron chi connectivity index (χ3n) is 2.79. The largest absolute Gasteiger partial charge is 0.399 e. The first-order valence-electron chi connectivity index (χ1n) is 5.88. The second kappa shape index (κ2) is 4.74. The molecule has 0 aliphatic heterocycles. The van der Waals surface area contributed by atoms with E-state index in [9.17, 15) is 4.79 Å². The summed E-state index contributed by atoms with van der Waals surface area (Å²) in [6.45, 7) is 0. The highest BCUT2D eigenvalue weighted by Gasteiger charge is 2.10. The van der Waals surface area contributed by atoms with Crippen molar-refractivity contribution in [3.63, 3.8) is 0 Å². The van der Waals surface area contributed by atoms with Crippen molar-refractivity contribution in [3.05, 3.63) is 59.5 Å². The summed E-state index contributed by atoms with van der Waals surface area (Å²) in [6.07, 6.45) is 0. The Labute approximate surface area is 114 Å². The van der Waals surface area contributed by atoms with E-state index in [4.69, 9.17) is 5.73 Å². The summed E-state index contributed by atoms with van der Waals surface area (Å²) in [7, 11) is 0. The number of nitrogens with one attached hydrogen (secondary N) is 1. The van der Waals surface area contributed by atoms with Crippen LogP contribution >= 0.6 is 11.3 Å². The lowest BCUT2D eigenvalue weighted by Crippen LogP contribution is -2.10. The summed E-state index contributed by atoms with van der Waals surface area (Å²) >= 11 is 1.49. The fourth-order valence-electron chi connectivity index (χ4n) is 1.90. The number of thiophene rings is 1. The van der Waals surface area contributed by atoms with Crippen molar-refractivity contribution in [2.75, 3.05) is 11.1 Å². The number of nitrogen functional groups attached to an aromatic ring is 1. The van der Waals surface area contributed by atoms with E-state index in [2.05, 4.69) is 5.32 Å². The first kappa shape index (κ1) is 11.7. The molecule has 0 aliphatic rings. The van der Waals surface area contributed by atoms with Gasteiger partial charge >= 0.3 is 0 Å². The minimum Gasteiger partial charge on any atom is -0.399 e. The first-order valence-corrected chi connectivity index (χ1v) is 6.69.